The van der Waals surface area contributed by atoms with Crippen LogP contribution >= 0.6 is 0 Å². The summed E-state index contributed by atoms with van der Waals surface area (Å²) in [6.45, 7) is 16.9. The van der Waals surface area contributed by atoms with Crippen molar-refractivity contribution >= 4 is 5.71 Å². The van der Waals surface area contributed by atoms with E-state index in [9.17, 15) is 0 Å². The highest BCUT2D eigenvalue weighted by Crippen LogP contribution is 2.08. The van der Waals surface area contributed by atoms with Gasteiger partial charge in [0, 0.05) is 16.9 Å². The highest BCUT2D eigenvalue weighted by Gasteiger charge is 2.09. The van der Waals surface area contributed by atoms with Gasteiger partial charge in [0.25, 0.3) is 0 Å². The molecule has 0 heterocycles. The first-order valence-electron chi connectivity index (χ1n) is 5.52. The summed E-state index contributed by atoms with van der Waals surface area (Å²) in [7, 11) is 0. The normalized spacial score (nSPS) is 15.5. The maximum absolute atomic E-state index is 4.58. The Morgan fingerprint density at radius 2 is 1.47 bits per heavy atom. The van der Waals surface area contributed by atoms with E-state index in [0.29, 0.717) is 0 Å². The van der Waals surface area contributed by atoms with Gasteiger partial charge in [-0.2, -0.15) is 0 Å². The Hall–Kier alpha value is -0.790. The van der Waals surface area contributed by atoms with Crippen molar-refractivity contribution in [2.24, 2.45) is 4.99 Å². The fourth-order valence-electron chi connectivity index (χ4n) is 1.50. The van der Waals surface area contributed by atoms with Crippen molar-refractivity contribution in [1.82, 2.24) is 5.32 Å². The fourth-order valence-corrected chi connectivity index (χ4v) is 1.50. The molecule has 0 aliphatic carbocycles. The van der Waals surface area contributed by atoms with Gasteiger partial charge in [0.15, 0.2) is 0 Å². The summed E-state index contributed by atoms with van der Waals surface area (Å²) in [5, 5.41) is 3.42. The van der Waals surface area contributed by atoms with Crippen molar-refractivity contribution < 1.29 is 0 Å². The van der Waals surface area contributed by atoms with Crippen LogP contribution in [0.4, 0.5) is 0 Å². The summed E-state index contributed by atoms with van der Waals surface area (Å²) in [6, 6.07) is 0. The SMILES string of the molecule is CC(=CC(C)=NC(C)(C)C)NC(C)(C)C. The third-order valence-corrected chi connectivity index (χ3v) is 1.51. The zero-order chi connectivity index (χ0) is 12.3. The van der Waals surface area contributed by atoms with Crippen molar-refractivity contribution in [2.45, 2.75) is 66.5 Å². The highest BCUT2D eigenvalue weighted by atomic mass is 15.0. The molecular formula is C13H26N2. The van der Waals surface area contributed by atoms with Gasteiger partial charge in [-0.1, -0.05) is 0 Å². The molecule has 0 bridgehead atoms. The van der Waals surface area contributed by atoms with Crippen LogP contribution in [0, 0.1) is 0 Å². The van der Waals surface area contributed by atoms with Gasteiger partial charge in [-0.25, -0.2) is 0 Å². The minimum absolute atomic E-state index is 0.00258. The summed E-state index contributed by atoms with van der Waals surface area (Å²) in [6.07, 6.45) is 2.09. The lowest BCUT2D eigenvalue weighted by molar-refractivity contribution is 0.474. The minimum atomic E-state index is 0.00258. The Morgan fingerprint density at radius 3 is 1.80 bits per heavy atom. The first-order chi connectivity index (χ1) is 6.49. The van der Waals surface area contributed by atoms with Crippen molar-refractivity contribution in [3.8, 4) is 0 Å². The van der Waals surface area contributed by atoms with Gasteiger partial charge in [0.1, 0.15) is 0 Å². The molecule has 0 aliphatic rings. The molecule has 0 amide bonds. The summed E-state index contributed by atoms with van der Waals surface area (Å²) >= 11 is 0. The maximum atomic E-state index is 4.58. The van der Waals surface area contributed by atoms with E-state index in [1.807, 2.05) is 6.92 Å². The Labute approximate surface area is 94.9 Å². The minimum Gasteiger partial charge on any atom is -0.384 e. The van der Waals surface area contributed by atoms with Gasteiger partial charge in [-0.05, 0) is 61.5 Å². The molecule has 0 rings (SSSR count). The molecular weight excluding hydrogens is 184 g/mol. The van der Waals surface area contributed by atoms with Gasteiger partial charge >= 0.3 is 0 Å². The lowest BCUT2D eigenvalue weighted by Gasteiger charge is -2.22. The van der Waals surface area contributed by atoms with E-state index in [4.69, 9.17) is 0 Å². The molecule has 0 unspecified atom stereocenters. The molecule has 1 N–H and O–H groups in total. The van der Waals surface area contributed by atoms with Crippen LogP contribution in [-0.2, 0) is 0 Å². The van der Waals surface area contributed by atoms with E-state index in [1.165, 1.54) is 0 Å². The van der Waals surface area contributed by atoms with E-state index >= 15 is 0 Å². The molecule has 2 nitrogen and oxygen atoms in total. The molecule has 0 atom stereocenters. The predicted molar refractivity (Wildman–Crippen MR) is 69.5 cm³/mol. The number of hydrogen-bond donors (Lipinski definition) is 1. The van der Waals surface area contributed by atoms with Crippen LogP contribution in [0.15, 0.2) is 16.8 Å². The van der Waals surface area contributed by atoms with Gasteiger partial charge < -0.3 is 5.32 Å². The second-order valence-corrected chi connectivity index (χ2v) is 6.13. The maximum Gasteiger partial charge on any atom is 0.0527 e. The Morgan fingerprint density at radius 1 is 1.00 bits per heavy atom. The molecule has 0 spiro atoms. The Bertz CT molecular complexity index is 259. The first-order valence-corrected chi connectivity index (χ1v) is 5.52. The van der Waals surface area contributed by atoms with Gasteiger partial charge in [0.2, 0.25) is 0 Å². The Balaban J connectivity index is 4.57. The van der Waals surface area contributed by atoms with Crippen LogP contribution in [0.5, 0.6) is 0 Å². The fraction of sp³-hybridized carbons (Fsp3) is 0.769. The summed E-state index contributed by atoms with van der Waals surface area (Å²) in [5.74, 6) is 0. The first kappa shape index (κ1) is 14.2. The number of rotatable bonds is 2. The van der Waals surface area contributed by atoms with Crippen molar-refractivity contribution in [2.75, 3.05) is 0 Å². The van der Waals surface area contributed by atoms with E-state index < -0.39 is 0 Å². The second kappa shape index (κ2) is 4.82. The average molecular weight is 210 g/mol. The van der Waals surface area contributed by atoms with Crippen LogP contribution in [-0.4, -0.2) is 16.8 Å². The smallest absolute Gasteiger partial charge is 0.0527 e. The van der Waals surface area contributed by atoms with Crippen LogP contribution in [0.25, 0.3) is 0 Å². The number of nitrogens with zero attached hydrogens (tertiary/aromatic N) is 1. The quantitative estimate of drug-likeness (QED) is 0.693. The second-order valence-electron chi connectivity index (χ2n) is 6.13. The average Bonchev–Trinajstić information content (AvgIpc) is 1.73. The molecule has 88 valence electrons. The largest absolute Gasteiger partial charge is 0.384 e. The highest BCUT2D eigenvalue weighted by molar-refractivity contribution is 5.93. The van der Waals surface area contributed by atoms with Crippen LogP contribution in [0.3, 0.4) is 0 Å². The van der Waals surface area contributed by atoms with Gasteiger partial charge in [-0.3, -0.25) is 4.99 Å². The molecule has 0 aromatic heterocycles. The third-order valence-electron chi connectivity index (χ3n) is 1.51. The van der Waals surface area contributed by atoms with Crippen molar-refractivity contribution in [3.63, 3.8) is 0 Å². The van der Waals surface area contributed by atoms with Crippen molar-refractivity contribution in [3.05, 3.63) is 11.8 Å². The monoisotopic (exact) mass is 210 g/mol. The lowest BCUT2D eigenvalue weighted by atomic mass is 10.1. The van der Waals surface area contributed by atoms with E-state index in [1.54, 1.807) is 0 Å². The van der Waals surface area contributed by atoms with E-state index in [-0.39, 0.29) is 11.1 Å². The topological polar surface area (TPSA) is 24.4 Å². The van der Waals surface area contributed by atoms with Gasteiger partial charge in [-0.15, -0.1) is 0 Å². The van der Waals surface area contributed by atoms with E-state index in [0.717, 1.165) is 11.4 Å². The van der Waals surface area contributed by atoms with Crippen molar-refractivity contribution in [1.29, 1.82) is 0 Å². The molecule has 0 aromatic rings. The molecule has 0 aliphatic heterocycles. The predicted octanol–water partition coefficient (Wildman–Crippen LogP) is 3.54. The lowest BCUT2D eigenvalue weighted by Crippen LogP contribution is -2.34. The third kappa shape index (κ3) is 9.51. The summed E-state index contributed by atoms with van der Waals surface area (Å²) < 4.78 is 0. The standard InChI is InChI=1S/C13H26N2/c1-10(14-12(3,4)5)9-11(2)15-13(6,7)8/h9,14H,1-8H3. The molecule has 0 saturated carbocycles. The zero-order valence-electron chi connectivity index (χ0n) is 11.5. The number of aliphatic imine (C=N–C) groups is 1. The van der Waals surface area contributed by atoms with Crippen LogP contribution in [0.1, 0.15) is 55.4 Å². The van der Waals surface area contributed by atoms with E-state index in [2.05, 4.69) is 64.9 Å². The number of allylic oxidation sites excluding steroid dienone is 2. The molecule has 0 aromatic carbocycles. The number of hydrogen-bond acceptors (Lipinski definition) is 2. The van der Waals surface area contributed by atoms with Crippen LogP contribution < -0.4 is 5.32 Å². The molecule has 2 heteroatoms. The molecule has 0 fully saturated rings. The molecule has 15 heavy (non-hydrogen) atoms. The zero-order valence-corrected chi connectivity index (χ0v) is 11.5. The van der Waals surface area contributed by atoms with Crippen LogP contribution in [0.2, 0.25) is 0 Å². The Kier molecular flexibility index (Phi) is 4.57. The van der Waals surface area contributed by atoms with Gasteiger partial charge in [0.05, 0.1) is 5.54 Å². The number of nitrogens with one attached hydrogen (secondary N) is 1. The summed E-state index contributed by atoms with van der Waals surface area (Å²) in [5.41, 5.74) is 2.34. The summed E-state index contributed by atoms with van der Waals surface area (Å²) in [4.78, 5) is 4.58. The molecule has 0 saturated heterocycles. The molecule has 0 radical (unpaired) electrons.